The first-order chi connectivity index (χ1) is 13.6. The fourth-order valence-corrected chi connectivity index (χ4v) is 3.00. The molecule has 1 aromatic carbocycles. The summed E-state index contributed by atoms with van der Waals surface area (Å²) in [5.74, 6) is -0.264. The maximum absolute atomic E-state index is 13.6. The Morgan fingerprint density at radius 2 is 1.96 bits per heavy atom. The summed E-state index contributed by atoms with van der Waals surface area (Å²) in [6.07, 6.45) is 2.75. The molecule has 148 valence electrons. The highest BCUT2D eigenvalue weighted by Crippen LogP contribution is 2.17. The van der Waals surface area contributed by atoms with E-state index in [0.717, 1.165) is 12.8 Å². The zero-order valence-corrected chi connectivity index (χ0v) is 15.7. The molecule has 0 spiro atoms. The molecule has 2 heterocycles. The fourth-order valence-electron chi connectivity index (χ4n) is 3.00. The summed E-state index contributed by atoms with van der Waals surface area (Å²) in [7, 11) is 0. The van der Waals surface area contributed by atoms with Crippen LogP contribution in [-0.4, -0.2) is 47.6 Å². The SMILES string of the molecule is CCOC(=O)N1CCC(Nc2ccc(C(=O)Nc3ccccc3F)cn2)CC1. The predicted octanol–water partition coefficient (Wildman–Crippen LogP) is 3.51. The van der Waals surface area contributed by atoms with Gasteiger partial charge in [0.1, 0.15) is 11.6 Å². The molecule has 2 N–H and O–H groups in total. The molecule has 8 heteroatoms. The van der Waals surface area contributed by atoms with Gasteiger partial charge >= 0.3 is 6.09 Å². The number of hydrogen-bond donors (Lipinski definition) is 2. The number of aromatic nitrogens is 1. The lowest BCUT2D eigenvalue weighted by Crippen LogP contribution is -2.42. The van der Waals surface area contributed by atoms with Crippen LogP contribution >= 0.6 is 0 Å². The van der Waals surface area contributed by atoms with E-state index in [1.165, 1.54) is 18.3 Å². The van der Waals surface area contributed by atoms with E-state index in [2.05, 4.69) is 15.6 Å². The van der Waals surface area contributed by atoms with Crippen LogP contribution in [0.1, 0.15) is 30.1 Å². The second kappa shape index (κ2) is 9.16. The smallest absolute Gasteiger partial charge is 0.409 e. The summed E-state index contributed by atoms with van der Waals surface area (Å²) in [4.78, 5) is 29.9. The molecule has 0 atom stereocenters. The Balaban J connectivity index is 1.52. The Morgan fingerprint density at radius 3 is 2.61 bits per heavy atom. The molecule has 28 heavy (non-hydrogen) atoms. The molecule has 2 aromatic rings. The zero-order valence-electron chi connectivity index (χ0n) is 15.7. The Labute approximate surface area is 162 Å². The van der Waals surface area contributed by atoms with Crippen LogP contribution in [0.2, 0.25) is 0 Å². The minimum atomic E-state index is -0.490. The van der Waals surface area contributed by atoms with Gasteiger partial charge in [-0.3, -0.25) is 4.79 Å². The quantitative estimate of drug-likeness (QED) is 0.822. The van der Waals surface area contributed by atoms with Crippen molar-refractivity contribution < 1.29 is 18.7 Å². The fraction of sp³-hybridized carbons (Fsp3) is 0.350. The molecule has 7 nitrogen and oxygen atoms in total. The molecule has 1 aliphatic heterocycles. The van der Waals surface area contributed by atoms with Crippen molar-refractivity contribution in [3.63, 3.8) is 0 Å². The zero-order chi connectivity index (χ0) is 19.9. The highest BCUT2D eigenvalue weighted by atomic mass is 19.1. The minimum Gasteiger partial charge on any atom is -0.450 e. The van der Waals surface area contributed by atoms with Crippen molar-refractivity contribution in [1.29, 1.82) is 0 Å². The van der Waals surface area contributed by atoms with Gasteiger partial charge < -0.3 is 20.3 Å². The van der Waals surface area contributed by atoms with Crippen LogP contribution in [0, 0.1) is 5.82 Å². The van der Waals surface area contributed by atoms with E-state index in [-0.39, 0.29) is 17.8 Å². The first-order valence-corrected chi connectivity index (χ1v) is 9.27. The first-order valence-electron chi connectivity index (χ1n) is 9.27. The number of likely N-dealkylation sites (tertiary alicyclic amines) is 1. The number of carbonyl (C=O) groups is 2. The Hall–Kier alpha value is -3.16. The van der Waals surface area contributed by atoms with E-state index < -0.39 is 11.7 Å². The number of hydrogen-bond acceptors (Lipinski definition) is 5. The largest absolute Gasteiger partial charge is 0.450 e. The predicted molar refractivity (Wildman–Crippen MR) is 104 cm³/mol. The van der Waals surface area contributed by atoms with Crippen molar-refractivity contribution in [2.45, 2.75) is 25.8 Å². The van der Waals surface area contributed by atoms with Gasteiger partial charge in [-0.2, -0.15) is 0 Å². The minimum absolute atomic E-state index is 0.128. The number of pyridine rings is 1. The molecule has 1 aliphatic rings. The first kappa shape index (κ1) is 19.6. The normalized spacial score (nSPS) is 14.4. The number of anilines is 2. The molecular weight excluding hydrogens is 363 g/mol. The van der Waals surface area contributed by atoms with Crippen LogP contribution in [0.3, 0.4) is 0 Å². The summed E-state index contributed by atoms with van der Waals surface area (Å²) in [5, 5.41) is 5.85. The number of nitrogens with one attached hydrogen (secondary N) is 2. The van der Waals surface area contributed by atoms with Gasteiger partial charge in [0, 0.05) is 25.3 Å². The number of piperidine rings is 1. The lowest BCUT2D eigenvalue weighted by atomic mass is 10.1. The molecule has 1 aromatic heterocycles. The van der Waals surface area contributed by atoms with E-state index in [1.54, 1.807) is 36.1 Å². The van der Waals surface area contributed by atoms with Crippen LogP contribution in [0.5, 0.6) is 0 Å². The van der Waals surface area contributed by atoms with Crippen molar-refractivity contribution in [2.24, 2.45) is 0 Å². The van der Waals surface area contributed by atoms with Crippen molar-refractivity contribution in [3.05, 3.63) is 54.0 Å². The Morgan fingerprint density at radius 1 is 1.21 bits per heavy atom. The summed E-state index contributed by atoms with van der Waals surface area (Å²) >= 11 is 0. The third kappa shape index (κ3) is 4.97. The highest BCUT2D eigenvalue weighted by molar-refractivity contribution is 6.04. The molecule has 2 amide bonds. The van der Waals surface area contributed by atoms with E-state index in [1.807, 2.05) is 0 Å². The number of amides is 2. The molecule has 3 rings (SSSR count). The van der Waals surface area contributed by atoms with Gasteiger partial charge in [0.15, 0.2) is 0 Å². The number of rotatable bonds is 5. The number of para-hydroxylation sites is 1. The molecule has 1 fully saturated rings. The Bertz CT molecular complexity index is 820. The summed E-state index contributed by atoms with van der Waals surface area (Å²) in [6.45, 7) is 3.41. The molecular formula is C20H23FN4O3. The van der Waals surface area contributed by atoms with Gasteiger partial charge in [-0.15, -0.1) is 0 Å². The second-order valence-electron chi connectivity index (χ2n) is 6.47. The number of ether oxygens (including phenoxy) is 1. The van der Waals surface area contributed by atoms with Gasteiger partial charge in [0.05, 0.1) is 17.9 Å². The van der Waals surface area contributed by atoms with Gasteiger partial charge in [-0.25, -0.2) is 14.2 Å². The Kier molecular flexibility index (Phi) is 6.41. The number of benzene rings is 1. The van der Waals surface area contributed by atoms with E-state index in [9.17, 15) is 14.0 Å². The van der Waals surface area contributed by atoms with Crippen molar-refractivity contribution in [2.75, 3.05) is 30.3 Å². The molecule has 0 saturated carbocycles. The molecule has 0 bridgehead atoms. The standard InChI is InChI=1S/C20H23FN4O3/c1-2-28-20(27)25-11-9-15(10-12-25)23-18-8-7-14(13-22-18)19(26)24-17-6-4-3-5-16(17)21/h3-8,13,15H,2,9-12H2,1H3,(H,22,23)(H,24,26). The summed E-state index contributed by atoms with van der Waals surface area (Å²) in [5.41, 5.74) is 0.467. The average Bonchev–Trinajstić information content (AvgIpc) is 2.71. The van der Waals surface area contributed by atoms with Crippen molar-refractivity contribution in [1.82, 2.24) is 9.88 Å². The van der Waals surface area contributed by atoms with Crippen molar-refractivity contribution in [3.8, 4) is 0 Å². The van der Waals surface area contributed by atoms with Gasteiger partial charge in [-0.1, -0.05) is 12.1 Å². The number of nitrogens with zero attached hydrogens (tertiary/aromatic N) is 2. The van der Waals surface area contributed by atoms with E-state index in [4.69, 9.17) is 4.74 Å². The monoisotopic (exact) mass is 386 g/mol. The highest BCUT2D eigenvalue weighted by Gasteiger charge is 2.23. The van der Waals surface area contributed by atoms with Gasteiger partial charge in [-0.05, 0) is 44.0 Å². The third-order valence-electron chi connectivity index (χ3n) is 4.52. The number of carbonyl (C=O) groups excluding carboxylic acids is 2. The molecule has 1 saturated heterocycles. The molecule has 0 aliphatic carbocycles. The van der Waals surface area contributed by atoms with Crippen LogP contribution in [0.4, 0.5) is 20.7 Å². The molecule has 0 unspecified atom stereocenters. The lowest BCUT2D eigenvalue weighted by Gasteiger charge is -2.31. The van der Waals surface area contributed by atoms with Crippen molar-refractivity contribution >= 4 is 23.5 Å². The maximum Gasteiger partial charge on any atom is 0.409 e. The second-order valence-corrected chi connectivity index (χ2v) is 6.47. The van der Waals surface area contributed by atoms with Crippen LogP contribution in [0.15, 0.2) is 42.6 Å². The van der Waals surface area contributed by atoms with Crippen LogP contribution in [0.25, 0.3) is 0 Å². The van der Waals surface area contributed by atoms with Gasteiger partial charge in [0.2, 0.25) is 0 Å². The van der Waals surface area contributed by atoms with Crippen LogP contribution in [-0.2, 0) is 4.74 Å². The van der Waals surface area contributed by atoms with Gasteiger partial charge in [0.25, 0.3) is 5.91 Å². The van der Waals surface area contributed by atoms with Crippen LogP contribution < -0.4 is 10.6 Å². The molecule has 0 radical (unpaired) electrons. The summed E-state index contributed by atoms with van der Waals surface area (Å²) < 4.78 is 18.7. The maximum atomic E-state index is 13.6. The van der Waals surface area contributed by atoms with E-state index in [0.29, 0.717) is 31.1 Å². The van der Waals surface area contributed by atoms with E-state index >= 15 is 0 Å². The lowest BCUT2D eigenvalue weighted by molar-refractivity contribution is 0.0982. The topological polar surface area (TPSA) is 83.6 Å². The average molecular weight is 386 g/mol. The number of halogens is 1. The summed E-state index contributed by atoms with van der Waals surface area (Å²) in [6, 6.07) is 9.54. The third-order valence-corrected chi connectivity index (χ3v) is 4.52.